The number of nitrogens with one attached hydrogen (secondary N) is 1. The molecule has 5 nitrogen and oxygen atoms in total. The first kappa shape index (κ1) is 15.7. The van der Waals surface area contributed by atoms with Crippen LogP contribution in [0.2, 0.25) is 10.2 Å². The van der Waals surface area contributed by atoms with Crippen molar-refractivity contribution in [3.05, 3.63) is 28.0 Å². The van der Waals surface area contributed by atoms with Crippen molar-refractivity contribution in [2.45, 2.75) is 26.3 Å². The normalized spacial score (nSPS) is 11.0. The smallest absolute Gasteiger partial charge is 0.359 e. The van der Waals surface area contributed by atoms with Crippen molar-refractivity contribution in [1.29, 1.82) is 0 Å². The topological polar surface area (TPSA) is 68.3 Å². The molecule has 19 heavy (non-hydrogen) atoms. The molecular weight excluding hydrogens is 291 g/mol. The Kier molecular flexibility index (Phi) is 5.14. The molecule has 0 saturated heterocycles. The number of ether oxygens (including phenoxy) is 1. The largest absolute Gasteiger partial charge is 0.451 e. The van der Waals surface area contributed by atoms with Crippen LogP contribution >= 0.6 is 23.2 Å². The van der Waals surface area contributed by atoms with E-state index in [-0.39, 0.29) is 15.9 Å². The number of hydrogen-bond acceptors (Lipinski definition) is 4. The lowest BCUT2D eigenvalue weighted by molar-refractivity contribution is -0.125. The summed E-state index contributed by atoms with van der Waals surface area (Å²) in [6.45, 7) is 5.06. The Hall–Kier alpha value is -1.33. The Bertz CT molecular complexity index is 498. The minimum Gasteiger partial charge on any atom is -0.451 e. The fraction of sp³-hybridized carbons (Fsp3) is 0.417. The van der Waals surface area contributed by atoms with Gasteiger partial charge >= 0.3 is 5.97 Å². The molecule has 0 aromatic carbocycles. The Morgan fingerprint density at radius 3 is 2.53 bits per heavy atom. The van der Waals surface area contributed by atoms with E-state index in [1.807, 2.05) is 20.8 Å². The fourth-order valence-electron chi connectivity index (χ4n) is 1.22. The SMILES string of the molecule is CC(C)(C)NC(=O)COC(=O)c1nc(Cl)ccc1Cl. The lowest BCUT2D eigenvalue weighted by atomic mass is 10.1. The molecule has 1 heterocycles. The summed E-state index contributed by atoms with van der Waals surface area (Å²) in [5.74, 6) is -1.20. The van der Waals surface area contributed by atoms with Crippen LogP contribution in [-0.4, -0.2) is 29.0 Å². The second-order valence-corrected chi connectivity index (χ2v) is 5.63. The van der Waals surface area contributed by atoms with E-state index in [4.69, 9.17) is 27.9 Å². The predicted molar refractivity (Wildman–Crippen MR) is 72.4 cm³/mol. The molecule has 0 unspecified atom stereocenters. The maximum atomic E-state index is 11.7. The van der Waals surface area contributed by atoms with Crippen LogP contribution in [0.5, 0.6) is 0 Å². The number of amides is 1. The molecule has 0 saturated carbocycles. The van der Waals surface area contributed by atoms with E-state index in [2.05, 4.69) is 10.3 Å². The van der Waals surface area contributed by atoms with Crippen molar-refractivity contribution in [2.75, 3.05) is 6.61 Å². The lowest BCUT2D eigenvalue weighted by Gasteiger charge is -2.20. The molecule has 1 amide bonds. The molecule has 1 rings (SSSR count). The van der Waals surface area contributed by atoms with Crippen molar-refractivity contribution in [1.82, 2.24) is 10.3 Å². The molecule has 1 aromatic heterocycles. The molecule has 0 spiro atoms. The highest BCUT2D eigenvalue weighted by Gasteiger charge is 2.18. The van der Waals surface area contributed by atoms with Gasteiger partial charge in [0.1, 0.15) is 5.15 Å². The molecule has 0 atom stereocenters. The van der Waals surface area contributed by atoms with E-state index in [0.29, 0.717) is 0 Å². The summed E-state index contributed by atoms with van der Waals surface area (Å²) in [4.78, 5) is 26.9. The van der Waals surface area contributed by atoms with Crippen molar-refractivity contribution in [3.63, 3.8) is 0 Å². The fourth-order valence-corrected chi connectivity index (χ4v) is 1.55. The van der Waals surface area contributed by atoms with Crippen LogP contribution in [0.15, 0.2) is 12.1 Å². The van der Waals surface area contributed by atoms with Crippen LogP contribution in [0, 0.1) is 0 Å². The Balaban J connectivity index is 2.61. The number of hydrogen-bond donors (Lipinski definition) is 1. The van der Waals surface area contributed by atoms with Crippen LogP contribution in [0.1, 0.15) is 31.3 Å². The number of esters is 1. The summed E-state index contributed by atoms with van der Waals surface area (Å²) in [6.07, 6.45) is 0. The molecular formula is C12H14Cl2N2O3. The van der Waals surface area contributed by atoms with Gasteiger partial charge in [-0.15, -0.1) is 0 Å². The van der Waals surface area contributed by atoms with Gasteiger partial charge in [0.25, 0.3) is 5.91 Å². The number of aromatic nitrogens is 1. The average molecular weight is 305 g/mol. The number of carbonyl (C=O) groups excluding carboxylic acids is 2. The van der Waals surface area contributed by atoms with Crippen molar-refractivity contribution in [3.8, 4) is 0 Å². The second-order valence-electron chi connectivity index (χ2n) is 4.84. The molecule has 0 fully saturated rings. The van der Waals surface area contributed by atoms with Crippen LogP contribution in [0.4, 0.5) is 0 Å². The highest BCUT2D eigenvalue weighted by molar-refractivity contribution is 6.34. The van der Waals surface area contributed by atoms with Crippen LogP contribution in [-0.2, 0) is 9.53 Å². The average Bonchev–Trinajstić information content (AvgIpc) is 2.27. The first-order valence-corrected chi connectivity index (χ1v) is 6.25. The van der Waals surface area contributed by atoms with Gasteiger partial charge < -0.3 is 10.1 Å². The van der Waals surface area contributed by atoms with Gasteiger partial charge in [-0.05, 0) is 32.9 Å². The van der Waals surface area contributed by atoms with Gasteiger partial charge in [0.05, 0.1) is 5.02 Å². The minimum absolute atomic E-state index is 0.113. The lowest BCUT2D eigenvalue weighted by Crippen LogP contribution is -2.42. The second kappa shape index (κ2) is 6.21. The van der Waals surface area contributed by atoms with Crippen LogP contribution < -0.4 is 5.32 Å². The monoisotopic (exact) mass is 304 g/mol. The molecule has 104 valence electrons. The maximum Gasteiger partial charge on any atom is 0.359 e. The zero-order valence-corrected chi connectivity index (χ0v) is 12.3. The van der Waals surface area contributed by atoms with Gasteiger partial charge in [-0.2, -0.15) is 0 Å². The minimum atomic E-state index is -0.795. The molecule has 0 bridgehead atoms. The summed E-state index contributed by atoms with van der Waals surface area (Å²) >= 11 is 11.4. The van der Waals surface area contributed by atoms with E-state index in [0.717, 1.165) is 0 Å². The van der Waals surface area contributed by atoms with Gasteiger partial charge in [0.15, 0.2) is 12.3 Å². The number of rotatable bonds is 3. The summed E-state index contributed by atoms with van der Waals surface area (Å²) in [7, 11) is 0. The summed E-state index contributed by atoms with van der Waals surface area (Å²) < 4.78 is 4.82. The standard InChI is InChI=1S/C12H14Cl2N2O3/c1-12(2,3)16-9(17)6-19-11(18)10-7(13)4-5-8(14)15-10/h4-5H,6H2,1-3H3,(H,16,17). The van der Waals surface area contributed by atoms with E-state index in [1.165, 1.54) is 12.1 Å². The zero-order valence-electron chi connectivity index (χ0n) is 10.8. The van der Waals surface area contributed by atoms with Gasteiger partial charge in [-0.25, -0.2) is 9.78 Å². The van der Waals surface area contributed by atoms with Crippen molar-refractivity contribution >= 4 is 35.1 Å². The first-order valence-electron chi connectivity index (χ1n) is 5.49. The van der Waals surface area contributed by atoms with Crippen molar-refractivity contribution < 1.29 is 14.3 Å². The number of carbonyl (C=O) groups is 2. The van der Waals surface area contributed by atoms with Gasteiger partial charge in [0, 0.05) is 5.54 Å². The highest BCUT2D eigenvalue weighted by atomic mass is 35.5. The van der Waals surface area contributed by atoms with Crippen molar-refractivity contribution in [2.24, 2.45) is 0 Å². The van der Waals surface area contributed by atoms with Gasteiger partial charge in [-0.3, -0.25) is 4.79 Å². The molecule has 7 heteroatoms. The van der Waals surface area contributed by atoms with E-state index >= 15 is 0 Å². The molecule has 0 aliphatic carbocycles. The number of nitrogens with zero attached hydrogens (tertiary/aromatic N) is 1. The van der Waals surface area contributed by atoms with Gasteiger partial charge in [0.2, 0.25) is 0 Å². The maximum absolute atomic E-state index is 11.7. The third-order valence-electron chi connectivity index (χ3n) is 1.85. The Labute approximate surface area is 121 Å². The third kappa shape index (κ3) is 5.44. The quantitative estimate of drug-likeness (QED) is 0.688. The van der Waals surface area contributed by atoms with Crippen LogP contribution in [0.3, 0.4) is 0 Å². The Morgan fingerprint density at radius 2 is 1.95 bits per heavy atom. The highest BCUT2D eigenvalue weighted by Crippen LogP contribution is 2.17. The molecule has 0 aliphatic heterocycles. The van der Waals surface area contributed by atoms with Crippen LogP contribution in [0.25, 0.3) is 0 Å². The summed E-state index contributed by atoms with van der Waals surface area (Å²) in [5.41, 5.74) is -0.507. The van der Waals surface area contributed by atoms with E-state index in [9.17, 15) is 9.59 Å². The third-order valence-corrected chi connectivity index (χ3v) is 2.37. The molecule has 0 radical (unpaired) electrons. The van der Waals surface area contributed by atoms with E-state index in [1.54, 1.807) is 0 Å². The number of halogens is 2. The molecule has 0 aliphatic rings. The molecule has 1 aromatic rings. The molecule has 1 N–H and O–H groups in total. The van der Waals surface area contributed by atoms with Gasteiger partial charge in [-0.1, -0.05) is 23.2 Å². The summed E-state index contributed by atoms with van der Waals surface area (Å²) in [5, 5.41) is 2.89. The Morgan fingerprint density at radius 1 is 1.32 bits per heavy atom. The number of pyridine rings is 1. The first-order chi connectivity index (χ1) is 8.69. The predicted octanol–water partition coefficient (Wildman–Crippen LogP) is 2.46. The zero-order chi connectivity index (χ0) is 14.6. The summed E-state index contributed by atoms with van der Waals surface area (Å²) in [6, 6.07) is 2.88. The van der Waals surface area contributed by atoms with E-state index < -0.39 is 24.0 Å².